The SMILES string of the molecule is C=NC(=O)N=CCC(C(C)C)C1CC1. The Balaban J connectivity index is 2.36. The third kappa shape index (κ3) is 3.40. The molecule has 0 aromatic heterocycles. The molecule has 78 valence electrons. The zero-order valence-electron chi connectivity index (χ0n) is 8.94. The van der Waals surface area contributed by atoms with Gasteiger partial charge in [-0.05, 0) is 43.7 Å². The summed E-state index contributed by atoms with van der Waals surface area (Å²) in [5.74, 6) is 2.20. The van der Waals surface area contributed by atoms with Crippen LogP contribution >= 0.6 is 0 Å². The minimum Gasteiger partial charge on any atom is -0.244 e. The van der Waals surface area contributed by atoms with Crippen LogP contribution in [0.3, 0.4) is 0 Å². The molecule has 0 aromatic rings. The van der Waals surface area contributed by atoms with Gasteiger partial charge in [-0.1, -0.05) is 13.8 Å². The molecule has 0 spiro atoms. The summed E-state index contributed by atoms with van der Waals surface area (Å²) in [6, 6.07) is -0.483. The minimum atomic E-state index is -0.483. The zero-order chi connectivity index (χ0) is 10.6. The van der Waals surface area contributed by atoms with Crippen molar-refractivity contribution in [1.82, 2.24) is 0 Å². The summed E-state index contributed by atoms with van der Waals surface area (Å²) in [7, 11) is 0. The Bertz CT molecular complexity index is 240. The van der Waals surface area contributed by atoms with Gasteiger partial charge in [0.2, 0.25) is 0 Å². The van der Waals surface area contributed by atoms with E-state index in [0.29, 0.717) is 11.8 Å². The lowest BCUT2D eigenvalue weighted by atomic mass is 9.88. The van der Waals surface area contributed by atoms with E-state index in [1.165, 1.54) is 12.8 Å². The van der Waals surface area contributed by atoms with Crippen LogP contribution in [-0.4, -0.2) is 19.0 Å². The Hall–Kier alpha value is -0.990. The number of urea groups is 1. The first-order chi connectivity index (χ1) is 6.65. The molecule has 1 aliphatic rings. The first-order valence-electron chi connectivity index (χ1n) is 5.18. The second kappa shape index (κ2) is 5.03. The van der Waals surface area contributed by atoms with E-state index in [-0.39, 0.29) is 0 Å². The second-order valence-electron chi connectivity index (χ2n) is 4.23. The average molecular weight is 194 g/mol. The molecule has 1 rings (SSSR count). The molecular formula is C11H18N2O. The highest BCUT2D eigenvalue weighted by atomic mass is 16.2. The Morgan fingerprint density at radius 1 is 1.57 bits per heavy atom. The highest BCUT2D eigenvalue weighted by Crippen LogP contribution is 2.41. The van der Waals surface area contributed by atoms with E-state index < -0.39 is 6.03 Å². The van der Waals surface area contributed by atoms with Gasteiger partial charge in [0.25, 0.3) is 0 Å². The maximum atomic E-state index is 10.7. The monoisotopic (exact) mass is 194 g/mol. The molecular weight excluding hydrogens is 176 g/mol. The Labute approximate surface area is 85.3 Å². The van der Waals surface area contributed by atoms with Crippen LogP contribution < -0.4 is 0 Å². The van der Waals surface area contributed by atoms with E-state index in [1.807, 2.05) is 0 Å². The normalized spacial score (nSPS) is 18.8. The molecule has 1 unspecified atom stereocenters. The largest absolute Gasteiger partial charge is 0.366 e. The number of amides is 2. The first kappa shape index (κ1) is 11.1. The molecule has 14 heavy (non-hydrogen) atoms. The molecule has 0 aromatic carbocycles. The number of nitrogens with zero attached hydrogens (tertiary/aromatic N) is 2. The number of rotatable bonds is 4. The van der Waals surface area contributed by atoms with E-state index in [2.05, 4.69) is 30.5 Å². The van der Waals surface area contributed by atoms with Crippen molar-refractivity contribution in [2.45, 2.75) is 33.1 Å². The van der Waals surface area contributed by atoms with Crippen molar-refractivity contribution in [2.75, 3.05) is 0 Å². The van der Waals surface area contributed by atoms with Crippen LogP contribution in [0.15, 0.2) is 9.98 Å². The van der Waals surface area contributed by atoms with Gasteiger partial charge in [-0.15, -0.1) is 0 Å². The molecule has 0 aliphatic heterocycles. The molecule has 1 saturated carbocycles. The summed E-state index contributed by atoms with van der Waals surface area (Å²) in [6.45, 7) is 7.58. The third-order valence-corrected chi connectivity index (χ3v) is 2.80. The maximum absolute atomic E-state index is 10.7. The number of carbonyl (C=O) groups is 1. The predicted octanol–water partition coefficient (Wildman–Crippen LogP) is 2.95. The van der Waals surface area contributed by atoms with E-state index in [1.54, 1.807) is 6.21 Å². The summed E-state index contributed by atoms with van der Waals surface area (Å²) >= 11 is 0. The topological polar surface area (TPSA) is 41.8 Å². The van der Waals surface area contributed by atoms with Gasteiger partial charge in [-0.2, -0.15) is 0 Å². The lowest BCUT2D eigenvalue weighted by molar-refractivity contribution is 0.257. The van der Waals surface area contributed by atoms with Crippen molar-refractivity contribution < 1.29 is 4.79 Å². The summed E-state index contributed by atoms with van der Waals surface area (Å²) in [6.07, 6.45) is 5.26. The third-order valence-electron chi connectivity index (χ3n) is 2.80. The second-order valence-corrected chi connectivity index (χ2v) is 4.23. The van der Waals surface area contributed by atoms with Crippen molar-refractivity contribution in [3.05, 3.63) is 0 Å². The molecule has 0 saturated heterocycles. The maximum Gasteiger partial charge on any atom is 0.366 e. The molecule has 0 radical (unpaired) electrons. The Morgan fingerprint density at radius 2 is 2.21 bits per heavy atom. The molecule has 0 heterocycles. The quantitative estimate of drug-likeness (QED) is 0.634. The van der Waals surface area contributed by atoms with Gasteiger partial charge < -0.3 is 0 Å². The first-order valence-corrected chi connectivity index (χ1v) is 5.18. The Kier molecular flexibility index (Phi) is 3.98. The fraction of sp³-hybridized carbons (Fsp3) is 0.727. The van der Waals surface area contributed by atoms with E-state index in [4.69, 9.17) is 0 Å². The van der Waals surface area contributed by atoms with Crippen LogP contribution in [0.2, 0.25) is 0 Å². The molecule has 1 fully saturated rings. The molecule has 3 heteroatoms. The van der Waals surface area contributed by atoms with Crippen LogP contribution in [0.4, 0.5) is 4.79 Å². The van der Waals surface area contributed by atoms with Gasteiger partial charge in [0, 0.05) is 6.21 Å². The van der Waals surface area contributed by atoms with Crippen LogP contribution in [0.5, 0.6) is 0 Å². The Morgan fingerprint density at radius 3 is 2.64 bits per heavy atom. The van der Waals surface area contributed by atoms with Crippen molar-refractivity contribution in [3.8, 4) is 0 Å². The van der Waals surface area contributed by atoms with Crippen LogP contribution in [-0.2, 0) is 0 Å². The molecule has 1 aliphatic carbocycles. The van der Waals surface area contributed by atoms with E-state index >= 15 is 0 Å². The molecule has 0 N–H and O–H groups in total. The number of hydrogen-bond acceptors (Lipinski definition) is 1. The van der Waals surface area contributed by atoms with Gasteiger partial charge in [0.15, 0.2) is 0 Å². The molecule has 3 nitrogen and oxygen atoms in total. The minimum absolute atomic E-state index is 0.483. The summed E-state index contributed by atoms with van der Waals surface area (Å²) in [5, 5.41) is 0. The van der Waals surface area contributed by atoms with Crippen molar-refractivity contribution in [3.63, 3.8) is 0 Å². The number of carbonyl (C=O) groups excluding carboxylic acids is 1. The lowest BCUT2D eigenvalue weighted by Crippen LogP contribution is -2.11. The molecule has 0 bridgehead atoms. The standard InChI is InChI=1S/C11H18N2O/c1-8(2)10(9-4-5-9)6-7-13-11(14)12-3/h7-10H,3-6H2,1-2H3. The van der Waals surface area contributed by atoms with Gasteiger partial charge in [0.1, 0.15) is 0 Å². The van der Waals surface area contributed by atoms with Gasteiger partial charge in [0.05, 0.1) is 0 Å². The summed E-state index contributed by atoms with van der Waals surface area (Å²) in [4.78, 5) is 17.6. The van der Waals surface area contributed by atoms with Crippen molar-refractivity contribution in [1.29, 1.82) is 0 Å². The number of hydrogen-bond donors (Lipinski definition) is 0. The zero-order valence-corrected chi connectivity index (χ0v) is 8.94. The smallest absolute Gasteiger partial charge is 0.244 e. The molecule has 2 amide bonds. The molecule has 1 atom stereocenters. The van der Waals surface area contributed by atoms with Crippen LogP contribution in [0.25, 0.3) is 0 Å². The van der Waals surface area contributed by atoms with Crippen LogP contribution in [0.1, 0.15) is 33.1 Å². The van der Waals surface area contributed by atoms with E-state index in [9.17, 15) is 4.79 Å². The lowest BCUT2D eigenvalue weighted by Gasteiger charge is -2.17. The van der Waals surface area contributed by atoms with Gasteiger partial charge in [-0.25, -0.2) is 14.8 Å². The van der Waals surface area contributed by atoms with Gasteiger partial charge in [-0.3, -0.25) is 0 Å². The highest BCUT2D eigenvalue weighted by Gasteiger charge is 2.32. The average Bonchev–Trinajstić information content (AvgIpc) is 2.94. The summed E-state index contributed by atoms with van der Waals surface area (Å²) < 4.78 is 0. The fourth-order valence-electron chi connectivity index (χ4n) is 1.83. The van der Waals surface area contributed by atoms with Crippen molar-refractivity contribution in [2.24, 2.45) is 27.7 Å². The van der Waals surface area contributed by atoms with E-state index in [0.717, 1.165) is 12.3 Å². The predicted molar refractivity (Wildman–Crippen MR) is 59.1 cm³/mol. The van der Waals surface area contributed by atoms with Crippen molar-refractivity contribution >= 4 is 19.0 Å². The summed E-state index contributed by atoms with van der Waals surface area (Å²) in [5.41, 5.74) is 0. The fourth-order valence-corrected chi connectivity index (χ4v) is 1.83. The highest BCUT2D eigenvalue weighted by molar-refractivity contribution is 5.86. The van der Waals surface area contributed by atoms with Crippen LogP contribution in [0, 0.1) is 17.8 Å². The van der Waals surface area contributed by atoms with Gasteiger partial charge >= 0.3 is 6.03 Å². The number of aliphatic imine (C=N–C) groups is 2.